The quantitative estimate of drug-likeness (QED) is 0.674. The maximum absolute atomic E-state index is 11.6. The molecular formula is C10H18ClNO2. The zero-order chi connectivity index (χ0) is 10.6. The number of hydrogen-bond donors (Lipinski definition) is 0. The summed E-state index contributed by atoms with van der Waals surface area (Å²) in [7, 11) is 0. The zero-order valence-corrected chi connectivity index (χ0v) is 9.59. The summed E-state index contributed by atoms with van der Waals surface area (Å²) in [4.78, 5) is 13.4. The predicted octanol–water partition coefficient (Wildman–Crippen LogP) is 1.50. The van der Waals surface area contributed by atoms with E-state index < -0.39 is 0 Å². The van der Waals surface area contributed by atoms with Crippen molar-refractivity contribution in [1.82, 2.24) is 4.90 Å². The monoisotopic (exact) mass is 219 g/mol. The molecule has 0 spiro atoms. The minimum atomic E-state index is 0.0854. The van der Waals surface area contributed by atoms with Crippen LogP contribution in [0, 0.1) is 5.92 Å². The minimum Gasteiger partial charge on any atom is -0.372 e. The van der Waals surface area contributed by atoms with Crippen LogP contribution in [-0.2, 0) is 9.53 Å². The van der Waals surface area contributed by atoms with E-state index in [2.05, 4.69) is 6.92 Å². The number of carbonyl (C=O) groups excluding carboxylic acids is 1. The molecule has 0 saturated carbocycles. The highest BCUT2D eigenvalue weighted by molar-refractivity contribution is 6.20. The Labute approximate surface area is 90.4 Å². The Kier molecular flexibility index (Phi) is 4.69. The molecule has 2 atom stereocenters. The van der Waals surface area contributed by atoms with Gasteiger partial charge in [0.15, 0.2) is 0 Å². The lowest BCUT2D eigenvalue weighted by Crippen LogP contribution is -2.44. The molecule has 0 radical (unpaired) electrons. The first-order chi connectivity index (χ1) is 6.65. The molecule has 1 aliphatic rings. The molecule has 0 aromatic heterocycles. The minimum absolute atomic E-state index is 0.0854. The van der Waals surface area contributed by atoms with Gasteiger partial charge in [-0.15, -0.1) is 11.6 Å². The maximum atomic E-state index is 11.6. The number of ether oxygens (including phenoxy) is 1. The first-order valence-corrected chi connectivity index (χ1v) is 5.58. The molecule has 0 aromatic carbocycles. The van der Waals surface area contributed by atoms with Gasteiger partial charge in [-0.05, 0) is 19.3 Å². The summed E-state index contributed by atoms with van der Waals surface area (Å²) in [6, 6.07) is 0. The van der Waals surface area contributed by atoms with Crippen LogP contribution < -0.4 is 0 Å². The van der Waals surface area contributed by atoms with Crippen LogP contribution in [0.25, 0.3) is 0 Å². The molecule has 1 saturated heterocycles. The highest BCUT2D eigenvalue weighted by atomic mass is 35.5. The van der Waals surface area contributed by atoms with E-state index in [0.717, 1.165) is 19.5 Å². The van der Waals surface area contributed by atoms with Crippen LogP contribution in [0.5, 0.6) is 0 Å². The SMILES string of the molecule is CCOCC(=O)N1CCC(Cl)C(C)C1. The second-order valence-electron chi connectivity index (χ2n) is 3.76. The fourth-order valence-corrected chi connectivity index (χ4v) is 1.80. The van der Waals surface area contributed by atoms with Gasteiger partial charge in [-0.2, -0.15) is 0 Å². The van der Waals surface area contributed by atoms with E-state index in [1.807, 2.05) is 11.8 Å². The number of nitrogens with zero attached hydrogens (tertiary/aromatic N) is 1. The number of hydrogen-bond acceptors (Lipinski definition) is 2. The first kappa shape index (κ1) is 11.8. The van der Waals surface area contributed by atoms with Gasteiger partial charge in [0.2, 0.25) is 5.91 Å². The molecule has 1 amide bonds. The standard InChI is InChI=1S/C10H18ClNO2/c1-3-14-7-10(13)12-5-4-9(11)8(2)6-12/h8-9H,3-7H2,1-2H3. The Morgan fingerprint density at radius 2 is 2.36 bits per heavy atom. The zero-order valence-electron chi connectivity index (χ0n) is 8.83. The van der Waals surface area contributed by atoms with Crippen molar-refractivity contribution < 1.29 is 9.53 Å². The Balaban J connectivity index is 2.34. The second kappa shape index (κ2) is 5.56. The highest BCUT2D eigenvalue weighted by Gasteiger charge is 2.26. The number of piperidine rings is 1. The van der Waals surface area contributed by atoms with Crippen LogP contribution in [0.4, 0.5) is 0 Å². The van der Waals surface area contributed by atoms with Crippen molar-refractivity contribution in [3.05, 3.63) is 0 Å². The molecule has 2 unspecified atom stereocenters. The molecule has 4 heteroatoms. The van der Waals surface area contributed by atoms with E-state index in [1.54, 1.807) is 0 Å². The van der Waals surface area contributed by atoms with Gasteiger partial charge in [-0.1, -0.05) is 6.92 Å². The van der Waals surface area contributed by atoms with Crippen molar-refractivity contribution >= 4 is 17.5 Å². The van der Waals surface area contributed by atoms with Crippen molar-refractivity contribution in [1.29, 1.82) is 0 Å². The van der Waals surface area contributed by atoms with Crippen LogP contribution >= 0.6 is 11.6 Å². The number of halogens is 1. The number of likely N-dealkylation sites (tertiary alicyclic amines) is 1. The normalized spacial score (nSPS) is 27.8. The van der Waals surface area contributed by atoms with Crippen LogP contribution in [-0.4, -0.2) is 42.5 Å². The van der Waals surface area contributed by atoms with Gasteiger partial charge in [0.1, 0.15) is 6.61 Å². The predicted molar refractivity (Wildman–Crippen MR) is 56.5 cm³/mol. The van der Waals surface area contributed by atoms with Crippen molar-refractivity contribution in [2.75, 3.05) is 26.3 Å². The summed E-state index contributed by atoms with van der Waals surface area (Å²) < 4.78 is 5.09. The average molecular weight is 220 g/mol. The van der Waals surface area contributed by atoms with E-state index in [9.17, 15) is 4.79 Å². The maximum Gasteiger partial charge on any atom is 0.248 e. The number of alkyl halides is 1. The topological polar surface area (TPSA) is 29.5 Å². The van der Waals surface area contributed by atoms with Gasteiger partial charge >= 0.3 is 0 Å². The van der Waals surface area contributed by atoms with E-state index in [1.165, 1.54) is 0 Å². The fourth-order valence-electron chi connectivity index (χ4n) is 1.62. The molecule has 0 N–H and O–H groups in total. The third kappa shape index (κ3) is 3.14. The summed E-state index contributed by atoms with van der Waals surface area (Å²) >= 11 is 6.07. The molecule has 0 aliphatic carbocycles. The largest absolute Gasteiger partial charge is 0.372 e. The number of rotatable bonds is 3. The van der Waals surface area contributed by atoms with Gasteiger partial charge in [-0.25, -0.2) is 0 Å². The van der Waals surface area contributed by atoms with Gasteiger partial charge in [-0.3, -0.25) is 4.79 Å². The van der Waals surface area contributed by atoms with Gasteiger partial charge in [0.25, 0.3) is 0 Å². The molecule has 3 nitrogen and oxygen atoms in total. The van der Waals surface area contributed by atoms with E-state index in [0.29, 0.717) is 12.5 Å². The summed E-state index contributed by atoms with van der Waals surface area (Å²) in [5.74, 6) is 0.471. The first-order valence-electron chi connectivity index (χ1n) is 5.14. The molecule has 1 aliphatic heterocycles. The Morgan fingerprint density at radius 1 is 1.64 bits per heavy atom. The van der Waals surface area contributed by atoms with E-state index in [-0.39, 0.29) is 17.9 Å². The van der Waals surface area contributed by atoms with E-state index in [4.69, 9.17) is 16.3 Å². The summed E-state index contributed by atoms with van der Waals surface area (Å²) in [6.07, 6.45) is 0.889. The fraction of sp³-hybridized carbons (Fsp3) is 0.900. The number of amides is 1. The molecule has 1 rings (SSSR count). The molecule has 1 heterocycles. The van der Waals surface area contributed by atoms with Crippen LogP contribution in [0.1, 0.15) is 20.3 Å². The highest BCUT2D eigenvalue weighted by Crippen LogP contribution is 2.21. The Bertz CT molecular complexity index is 199. The lowest BCUT2D eigenvalue weighted by Gasteiger charge is -2.34. The van der Waals surface area contributed by atoms with Crippen molar-refractivity contribution in [2.45, 2.75) is 25.6 Å². The lowest BCUT2D eigenvalue weighted by molar-refractivity contribution is -0.137. The Morgan fingerprint density at radius 3 is 2.93 bits per heavy atom. The van der Waals surface area contributed by atoms with Gasteiger partial charge in [0, 0.05) is 25.1 Å². The molecule has 0 aromatic rings. The van der Waals surface area contributed by atoms with Crippen LogP contribution in [0.15, 0.2) is 0 Å². The smallest absolute Gasteiger partial charge is 0.248 e. The van der Waals surface area contributed by atoms with Gasteiger partial charge in [0.05, 0.1) is 0 Å². The Hall–Kier alpha value is -0.280. The third-order valence-electron chi connectivity index (χ3n) is 2.58. The van der Waals surface area contributed by atoms with Gasteiger partial charge < -0.3 is 9.64 Å². The van der Waals surface area contributed by atoms with Crippen molar-refractivity contribution in [3.8, 4) is 0 Å². The van der Waals surface area contributed by atoms with Crippen molar-refractivity contribution in [3.63, 3.8) is 0 Å². The summed E-state index contributed by atoms with van der Waals surface area (Å²) in [5, 5.41) is 0.214. The second-order valence-corrected chi connectivity index (χ2v) is 4.32. The van der Waals surface area contributed by atoms with E-state index >= 15 is 0 Å². The molecule has 14 heavy (non-hydrogen) atoms. The summed E-state index contributed by atoms with van der Waals surface area (Å²) in [6.45, 7) is 6.30. The summed E-state index contributed by atoms with van der Waals surface area (Å²) in [5.41, 5.74) is 0. The van der Waals surface area contributed by atoms with Crippen LogP contribution in [0.3, 0.4) is 0 Å². The molecule has 82 valence electrons. The van der Waals surface area contributed by atoms with Crippen LogP contribution in [0.2, 0.25) is 0 Å². The molecular weight excluding hydrogens is 202 g/mol. The lowest BCUT2D eigenvalue weighted by atomic mass is 10.00. The average Bonchev–Trinajstić information content (AvgIpc) is 2.18. The van der Waals surface area contributed by atoms with Crippen molar-refractivity contribution in [2.24, 2.45) is 5.92 Å². The third-order valence-corrected chi connectivity index (χ3v) is 3.23. The number of carbonyl (C=O) groups is 1. The molecule has 1 fully saturated rings. The molecule has 0 bridgehead atoms.